The van der Waals surface area contributed by atoms with Crippen molar-refractivity contribution in [1.29, 1.82) is 0 Å². The maximum Gasteiger partial charge on any atom is 0.357 e. The third-order valence-corrected chi connectivity index (χ3v) is 6.68. The first-order chi connectivity index (χ1) is 21.6. The summed E-state index contributed by atoms with van der Waals surface area (Å²) >= 11 is 0. The van der Waals surface area contributed by atoms with Crippen LogP contribution < -0.4 is 15.0 Å². The van der Waals surface area contributed by atoms with Gasteiger partial charge >= 0.3 is 5.97 Å². The van der Waals surface area contributed by atoms with E-state index in [-0.39, 0.29) is 12.1 Å². The summed E-state index contributed by atoms with van der Waals surface area (Å²) < 4.78 is 16.5. The fourth-order valence-corrected chi connectivity index (χ4v) is 4.68. The van der Waals surface area contributed by atoms with Crippen LogP contribution in [-0.2, 0) is 25.5 Å². The number of carbonyl (C=O) groups is 4. The Balaban J connectivity index is 1.58. The Morgan fingerprint density at radius 2 is 1.80 bits per heavy atom. The van der Waals surface area contributed by atoms with Gasteiger partial charge in [-0.15, -0.1) is 0 Å². The second kappa shape index (κ2) is 14.4. The van der Waals surface area contributed by atoms with Gasteiger partial charge in [0.15, 0.2) is 0 Å². The van der Waals surface area contributed by atoms with E-state index in [0.29, 0.717) is 54.4 Å². The monoisotopic (exact) mass is 613 g/mol. The number of nitrogens with one attached hydrogen (secondary N) is 1. The number of aromatic nitrogens is 3. The van der Waals surface area contributed by atoms with Crippen LogP contribution >= 0.6 is 0 Å². The van der Waals surface area contributed by atoms with Crippen molar-refractivity contribution >= 4 is 30.4 Å². The van der Waals surface area contributed by atoms with Gasteiger partial charge in [0, 0.05) is 11.8 Å². The average molecular weight is 614 g/mol. The minimum absolute atomic E-state index is 0.201. The van der Waals surface area contributed by atoms with Crippen LogP contribution in [0.15, 0.2) is 65.3 Å². The normalized spacial score (nSPS) is 11.8. The molecule has 0 spiro atoms. The molecule has 0 aliphatic carbocycles. The second-order valence-corrected chi connectivity index (χ2v) is 11.2. The zero-order chi connectivity index (χ0) is 32.6. The first-order valence-electron chi connectivity index (χ1n) is 14.3. The van der Waals surface area contributed by atoms with Crippen LogP contribution in [0.25, 0.3) is 22.5 Å². The fraction of sp³-hybridized carbons (Fsp3) is 0.303. The lowest BCUT2D eigenvalue weighted by Crippen LogP contribution is -2.46. The van der Waals surface area contributed by atoms with Gasteiger partial charge in [-0.3, -0.25) is 24.6 Å². The van der Waals surface area contributed by atoms with E-state index in [1.165, 1.54) is 12.0 Å². The van der Waals surface area contributed by atoms with Crippen molar-refractivity contribution in [2.45, 2.75) is 58.6 Å². The van der Waals surface area contributed by atoms with Gasteiger partial charge in [-0.2, -0.15) is 4.98 Å². The van der Waals surface area contributed by atoms with Crippen molar-refractivity contribution in [3.63, 3.8) is 0 Å². The Labute approximate surface area is 260 Å². The molecule has 45 heavy (non-hydrogen) atoms. The molecule has 0 fully saturated rings. The number of benzene rings is 2. The lowest BCUT2D eigenvalue weighted by Gasteiger charge is -2.28. The van der Waals surface area contributed by atoms with E-state index in [4.69, 9.17) is 14.0 Å². The minimum Gasteiger partial charge on any atom is -0.495 e. The molecule has 234 valence electrons. The number of rotatable bonds is 13. The molecule has 0 saturated heterocycles. The number of ether oxygens (including phenoxy) is 2. The summed E-state index contributed by atoms with van der Waals surface area (Å²) in [5, 5.41) is 6.29. The predicted molar refractivity (Wildman–Crippen MR) is 165 cm³/mol. The molecule has 1 N–H and O–H groups in total. The molecule has 12 heteroatoms. The molecule has 0 bridgehead atoms. The van der Waals surface area contributed by atoms with Crippen molar-refractivity contribution in [3.05, 3.63) is 77.9 Å². The first-order valence-corrected chi connectivity index (χ1v) is 14.3. The smallest absolute Gasteiger partial charge is 0.357 e. The highest BCUT2D eigenvalue weighted by molar-refractivity contribution is 5.97. The fourth-order valence-electron chi connectivity index (χ4n) is 4.68. The quantitative estimate of drug-likeness (QED) is 0.165. The Bertz CT molecular complexity index is 1680. The zero-order valence-electron chi connectivity index (χ0n) is 25.8. The van der Waals surface area contributed by atoms with Gasteiger partial charge < -0.3 is 14.0 Å². The summed E-state index contributed by atoms with van der Waals surface area (Å²) in [5.74, 6) is -0.0385. The Morgan fingerprint density at radius 1 is 1.04 bits per heavy atom. The highest BCUT2D eigenvalue weighted by Gasteiger charge is 2.28. The molecule has 0 saturated carbocycles. The van der Waals surface area contributed by atoms with Gasteiger partial charge in [-0.05, 0) is 74.2 Å². The van der Waals surface area contributed by atoms with Crippen LogP contribution in [0.5, 0.6) is 5.75 Å². The molecule has 0 aliphatic heterocycles. The molecule has 4 rings (SSSR count). The summed E-state index contributed by atoms with van der Waals surface area (Å²) in [6.45, 7) is 7.27. The van der Waals surface area contributed by atoms with E-state index in [9.17, 15) is 19.2 Å². The molecule has 2 aromatic heterocycles. The molecular weight excluding hydrogens is 578 g/mol. The van der Waals surface area contributed by atoms with Gasteiger partial charge in [0.05, 0.1) is 19.2 Å². The van der Waals surface area contributed by atoms with Gasteiger partial charge in [0.2, 0.25) is 30.4 Å². The molecule has 2 aromatic carbocycles. The molecule has 12 nitrogen and oxygen atoms in total. The SMILES string of the molecule is CCCC(C(=O)NC=O)N(C=O)c1cc(Cc2nc(-c3cccc(-c4ccnc(C(=O)OC(C)(C)C)c4)c3)no2)ccc1OC. The van der Waals surface area contributed by atoms with Gasteiger partial charge in [-0.25, -0.2) is 9.78 Å². The molecule has 1 atom stereocenters. The van der Waals surface area contributed by atoms with Crippen LogP contribution in [0.2, 0.25) is 0 Å². The number of hydrogen-bond acceptors (Lipinski definition) is 10. The number of esters is 1. The molecular formula is C33H35N5O7. The van der Waals surface area contributed by atoms with Crippen LogP contribution in [0.1, 0.15) is 62.5 Å². The van der Waals surface area contributed by atoms with E-state index in [2.05, 4.69) is 20.4 Å². The number of anilines is 1. The van der Waals surface area contributed by atoms with Crippen LogP contribution in [-0.4, -0.2) is 58.6 Å². The second-order valence-electron chi connectivity index (χ2n) is 11.2. The number of imide groups is 1. The van der Waals surface area contributed by atoms with Gasteiger partial charge in [0.25, 0.3) is 0 Å². The lowest BCUT2D eigenvalue weighted by molar-refractivity contribution is -0.127. The summed E-state index contributed by atoms with van der Waals surface area (Å²) in [4.78, 5) is 58.2. The van der Waals surface area contributed by atoms with E-state index >= 15 is 0 Å². The van der Waals surface area contributed by atoms with Gasteiger partial charge in [0.1, 0.15) is 23.1 Å². The molecule has 0 aliphatic rings. The first kappa shape index (κ1) is 32.5. The largest absolute Gasteiger partial charge is 0.495 e. The topological polar surface area (TPSA) is 154 Å². The standard InChI is InChI=1S/C33H35N5O7/c1-6-8-26(31(41)35-19-39)38(20-40)27-15-21(11-12-28(27)43-5)16-29-36-30(37-45-29)24-10-7-9-22(17-24)23-13-14-34-25(18-23)32(42)44-33(2,3)4/h7,9-15,17-20,26H,6,8,16H2,1-5H3,(H,35,39,41). The maximum atomic E-state index is 12.6. The van der Waals surface area contributed by atoms with Crippen molar-refractivity contribution in [2.24, 2.45) is 0 Å². The number of nitrogens with zero attached hydrogens (tertiary/aromatic N) is 4. The third kappa shape index (κ3) is 8.17. The van der Waals surface area contributed by atoms with E-state index in [0.717, 1.165) is 16.7 Å². The molecule has 2 heterocycles. The summed E-state index contributed by atoms with van der Waals surface area (Å²) in [7, 11) is 1.46. The number of pyridine rings is 1. The zero-order valence-corrected chi connectivity index (χ0v) is 25.8. The lowest BCUT2D eigenvalue weighted by atomic mass is 10.0. The van der Waals surface area contributed by atoms with Crippen molar-refractivity contribution in [2.75, 3.05) is 12.0 Å². The van der Waals surface area contributed by atoms with E-state index in [1.54, 1.807) is 57.3 Å². The Hall–Kier alpha value is -5.39. The average Bonchev–Trinajstić information content (AvgIpc) is 3.49. The van der Waals surface area contributed by atoms with Crippen molar-refractivity contribution in [1.82, 2.24) is 20.4 Å². The Kier molecular flexibility index (Phi) is 10.4. The molecule has 4 aromatic rings. The summed E-state index contributed by atoms with van der Waals surface area (Å²) in [5.41, 5.74) is 2.93. The van der Waals surface area contributed by atoms with Gasteiger partial charge in [-0.1, -0.05) is 42.8 Å². The summed E-state index contributed by atoms with van der Waals surface area (Å²) in [6.07, 6.45) is 3.56. The van der Waals surface area contributed by atoms with E-state index < -0.39 is 23.5 Å². The maximum absolute atomic E-state index is 12.6. The van der Waals surface area contributed by atoms with Crippen molar-refractivity contribution < 1.29 is 33.2 Å². The number of carbonyl (C=O) groups excluding carboxylic acids is 4. The van der Waals surface area contributed by atoms with E-state index in [1.807, 2.05) is 31.2 Å². The highest BCUT2D eigenvalue weighted by Crippen LogP contribution is 2.32. The summed E-state index contributed by atoms with van der Waals surface area (Å²) in [6, 6.07) is 15.2. The molecule has 3 amide bonds. The number of amides is 3. The number of methoxy groups -OCH3 is 1. The van der Waals surface area contributed by atoms with Crippen LogP contribution in [0.3, 0.4) is 0 Å². The highest BCUT2D eigenvalue weighted by atomic mass is 16.6. The molecule has 1 unspecified atom stereocenters. The van der Waals surface area contributed by atoms with Crippen molar-refractivity contribution in [3.8, 4) is 28.3 Å². The van der Waals surface area contributed by atoms with Crippen LogP contribution in [0, 0.1) is 0 Å². The minimum atomic E-state index is -0.912. The predicted octanol–water partition coefficient (Wildman–Crippen LogP) is 4.76. The Morgan fingerprint density at radius 3 is 2.49 bits per heavy atom. The third-order valence-electron chi connectivity index (χ3n) is 6.68. The van der Waals surface area contributed by atoms with Crippen LogP contribution in [0.4, 0.5) is 5.69 Å². The number of hydrogen-bond donors (Lipinski definition) is 1. The molecule has 0 radical (unpaired) electrons.